The first-order chi connectivity index (χ1) is 8.03. The van der Waals surface area contributed by atoms with E-state index in [0.29, 0.717) is 24.5 Å². The van der Waals surface area contributed by atoms with Gasteiger partial charge in [-0.2, -0.15) is 0 Å². The Hall–Kier alpha value is -1.14. The Morgan fingerprint density at radius 3 is 2.76 bits per heavy atom. The molecule has 0 saturated heterocycles. The summed E-state index contributed by atoms with van der Waals surface area (Å²) in [6.07, 6.45) is 2.47. The molecule has 1 aromatic rings. The van der Waals surface area contributed by atoms with Crippen molar-refractivity contribution < 1.29 is 9.52 Å². The standard InChI is InChI=1S/C11H20N4O2/c1-11(2,7-16)15(3)10-14-13-9(17-10)6-12-8-4-5-8/h8,12,16H,4-7H2,1-3H3. The highest BCUT2D eigenvalue weighted by Gasteiger charge is 2.27. The number of nitrogens with zero attached hydrogens (tertiary/aromatic N) is 3. The third-order valence-corrected chi connectivity index (χ3v) is 3.16. The summed E-state index contributed by atoms with van der Waals surface area (Å²) in [4.78, 5) is 1.79. The van der Waals surface area contributed by atoms with Crippen LogP contribution >= 0.6 is 0 Å². The maximum Gasteiger partial charge on any atom is 0.318 e. The average molecular weight is 240 g/mol. The Morgan fingerprint density at radius 2 is 2.18 bits per heavy atom. The lowest BCUT2D eigenvalue weighted by molar-refractivity contribution is 0.211. The smallest absolute Gasteiger partial charge is 0.318 e. The summed E-state index contributed by atoms with van der Waals surface area (Å²) in [7, 11) is 1.84. The molecule has 1 aliphatic carbocycles. The van der Waals surface area contributed by atoms with Crippen LogP contribution in [0.15, 0.2) is 4.42 Å². The second-order valence-corrected chi connectivity index (χ2v) is 5.16. The van der Waals surface area contributed by atoms with Crippen LogP contribution in [0.1, 0.15) is 32.6 Å². The highest BCUT2D eigenvalue weighted by atomic mass is 16.4. The number of aliphatic hydroxyl groups excluding tert-OH is 1. The fourth-order valence-corrected chi connectivity index (χ4v) is 1.34. The minimum atomic E-state index is -0.409. The van der Waals surface area contributed by atoms with Gasteiger partial charge in [-0.25, -0.2) is 0 Å². The topological polar surface area (TPSA) is 74.4 Å². The monoisotopic (exact) mass is 240 g/mol. The molecule has 96 valence electrons. The molecule has 6 nitrogen and oxygen atoms in total. The fourth-order valence-electron chi connectivity index (χ4n) is 1.34. The molecule has 2 N–H and O–H groups in total. The maximum absolute atomic E-state index is 9.27. The molecule has 0 radical (unpaired) electrons. The Labute approximate surface area is 101 Å². The van der Waals surface area contributed by atoms with Gasteiger partial charge in [0.15, 0.2) is 0 Å². The van der Waals surface area contributed by atoms with E-state index in [2.05, 4.69) is 15.5 Å². The van der Waals surface area contributed by atoms with Crippen molar-refractivity contribution in [3.05, 3.63) is 5.89 Å². The van der Waals surface area contributed by atoms with Crippen LogP contribution < -0.4 is 10.2 Å². The van der Waals surface area contributed by atoms with Gasteiger partial charge < -0.3 is 19.7 Å². The number of aliphatic hydroxyl groups is 1. The lowest BCUT2D eigenvalue weighted by Crippen LogP contribution is -2.44. The number of rotatable bonds is 6. The van der Waals surface area contributed by atoms with E-state index in [4.69, 9.17) is 4.42 Å². The number of aromatic nitrogens is 2. The van der Waals surface area contributed by atoms with E-state index in [9.17, 15) is 5.11 Å². The molecule has 1 aromatic heterocycles. The Kier molecular flexibility index (Phi) is 3.35. The van der Waals surface area contributed by atoms with Crippen molar-refractivity contribution in [1.29, 1.82) is 0 Å². The predicted molar refractivity (Wildman–Crippen MR) is 63.7 cm³/mol. The Balaban J connectivity index is 1.96. The van der Waals surface area contributed by atoms with Crippen molar-refractivity contribution in [3.63, 3.8) is 0 Å². The van der Waals surface area contributed by atoms with Crippen molar-refractivity contribution in [2.24, 2.45) is 0 Å². The summed E-state index contributed by atoms with van der Waals surface area (Å²) in [6, 6.07) is 1.06. The quantitative estimate of drug-likeness (QED) is 0.755. The normalized spacial score (nSPS) is 16.2. The van der Waals surface area contributed by atoms with Crippen molar-refractivity contribution in [2.45, 2.75) is 44.8 Å². The van der Waals surface area contributed by atoms with Gasteiger partial charge >= 0.3 is 6.01 Å². The van der Waals surface area contributed by atoms with E-state index in [0.717, 1.165) is 0 Å². The lowest BCUT2D eigenvalue weighted by atomic mass is 10.1. The molecule has 0 amide bonds. The lowest BCUT2D eigenvalue weighted by Gasteiger charge is -2.31. The zero-order chi connectivity index (χ0) is 12.5. The Bertz CT molecular complexity index is 373. The number of nitrogens with one attached hydrogen (secondary N) is 1. The van der Waals surface area contributed by atoms with Crippen LogP contribution in [0, 0.1) is 0 Å². The summed E-state index contributed by atoms with van der Waals surface area (Å²) in [5, 5.41) is 20.6. The number of hydrogen-bond donors (Lipinski definition) is 2. The van der Waals surface area contributed by atoms with E-state index in [-0.39, 0.29) is 6.61 Å². The van der Waals surface area contributed by atoms with Gasteiger partial charge in [-0.05, 0) is 26.7 Å². The van der Waals surface area contributed by atoms with Crippen molar-refractivity contribution in [3.8, 4) is 0 Å². The highest BCUT2D eigenvalue weighted by Crippen LogP contribution is 2.22. The molecule has 0 atom stereocenters. The molecule has 0 aliphatic heterocycles. The van der Waals surface area contributed by atoms with Gasteiger partial charge in [-0.3, -0.25) is 0 Å². The van der Waals surface area contributed by atoms with Crippen LogP contribution in [-0.4, -0.2) is 40.5 Å². The molecule has 0 unspecified atom stereocenters. The second-order valence-electron chi connectivity index (χ2n) is 5.16. The molecule has 17 heavy (non-hydrogen) atoms. The molecule has 0 spiro atoms. The molecule has 0 bridgehead atoms. The van der Waals surface area contributed by atoms with Crippen LogP contribution in [0.4, 0.5) is 6.01 Å². The van der Waals surface area contributed by atoms with Crippen LogP contribution in [0.2, 0.25) is 0 Å². The first-order valence-electron chi connectivity index (χ1n) is 5.93. The van der Waals surface area contributed by atoms with Crippen LogP contribution in [0.25, 0.3) is 0 Å². The van der Waals surface area contributed by atoms with E-state index < -0.39 is 5.54 Å². The zero-order valence-electron chi connectivity index (χ0n) is 10.6. The van der Waals surface area contributed by atoms with Crippen LogP contribution in [0.5, 0.6) is 0 Å². The third kappa shape index (κ3) is 2.95. The maximum atomic E-state index is 9.27. The summed E-state index contributed by atoms with van der Waals surface area (Å²) in [5.74, 6) is 0.590. The van der Waals surface area contributed by atoms with E-state index >= 15 is 0 Å². The van der Waals surface area contributed by atoms with Crippen molar-refractivity contribution in [2.75, 3.05) is 18.6 Å². The molecule has 1 fully saturated rings. The summed E-state index contributed by atoms with van der Waals surface area (Å²) < 4.78 is 5.54. The molecule has 6 heteroatoms. The molecular formula is C11H20N4O2. The number of hydrogen-bond acceptors (Lipinski definition) is 6. The fraction of sp³-hybridized carbons (Fsp3) is 0.818. The van der Waals surface area contributed by atoms with Gasteiger partial charge in [0.1, 0.15) is 0 Å². The first kappa shape index (κ1) is 12.3. The molecule has 1 heterocycles. The minimum absolute atomic E-state index is 0.0293. The molecule has 0 aromatic carbocycles. The van der Waals surface area contributed by atoms with Crippen molar-refractivity contribution in [1.82, 2.24) is 15.5 Å². The average Bonchev–Trinajstić information content (AvgIpc) is 3.03. The van der Waals surface area contributed by atoms with Crippen LogP contribution in [0.3, 0.4) is 0 Å². The van der Waals surface area contributed by atoms with E-state index in [1.807, 2.05) is 20.9 Å². The molecule has 1 aliphatic rings. The van der Waals surface area contributed by atoms with Crippen LogP contribution in [-0.2, 0) is 6.54 Å². The van der Waals surface area contributed by atoms with Gasteiger partial charge in [0.25, 0.3) is 0 Å². The number of anilines is 1. The van der Waals surface area contributed by atoms with Gasteiger partial charge in [0.05, 0.1) is 18.7 Å². The second kappa shape index (κ2) is 4.62. The van der Waals surface area contributed by atoms with E-state index in [1.54, 1.807) is 4.90 Å². The molecule has 1 saturated carbocycles. The molecular weight excluding hydrogens is 220 g/mol. The summed E-state index contributed by atoms with van der Waals surface area (Å²) >= 11 is 0. The zero-order valence-corrected chi connectivity index (χ0v) is 10.6. The number of likely N-dealkylation sites (N-methyl/N-ethyl adjacent to an activating group) is 1. The van der Waals surface area contributed by atoms with Gasteiger partial charge in [0, 0.05) is 13.1 Å². The minimum Gasteiger partial charge on any atom is -0.407 e. The predicted octanol–water partition coefficient (Wildman–Crippen LogP) is 0.529. The molecule has 2 rings (SSSR count). The van der Waals surface area contributed by atoms with Crippen molar-refractivity contribution >= 4 is 6.01 Å². The summed E-state index contributed by atoms with van der Waals surface area (Å²) in [5.41, 5.74) is -0.409. The first-order valence-corrected chi connectivity index (χ1v) is 5.93. The highest BCUT2D eigenvalue weighted by molar-refractivity contribution is 5.27. The van der Waals surface area contributed by atoms with Gasteiger partial charge in [-0.1, -0.05) is 5.10 Å². The van der Waals surface area contributed by atoms with Gasteiger partial charge in [-0.15, -0.1) is 5.10 Å². The van der Waals surface area contributed by atoms with Gasteiger partial charge in [0.2, 0.25) is 5.89 Å². The Morgan fingerprint density at radius 1 is 1.47 bits per heavy atom. The third-order valence-electron chi connectivity index (χ3n) is 3.16. The summed E-state index contributed by atoms with van der Waals surface area (Å²) in [6.45, 7) is 4.48. The largest absolute Gasteiger partial charge is 0.407 e. The van der Waals surface area contributed by atoms with E-state index in [1.165, 1.54) is 12.8 Å². The SMILES string of the molecule is CN(c1nnc(CNC2CC2)o1)C(C)(C)CO.